The maximum Gasteiger partial charge on any atom is 0.126 e. The van der Waals surface area contributed by atoms with E-state index in [0.29, 0.717) is 0 Å². The summed E-state index contributed by atoms with van der Waals surface area (Å²) in [5.74, 6) is 0. The molecule has 2 rings (SSSR count). The highest BCUT2D eigenvalue weighted by molar-refractivity contribution is 5.35. The van der Waals surface area contributed by atoms with Crippen LogP contribution >= 0.6 is 0 Å². The average molecular weight is 547 g/mol. The molecule has 0 saturated carbocycles. The highest BCUT2D eigenvalue weighted by Crippen LogP contribution is 2.38. The zero-order chi connectivity index (χ0) is 30.3. The van der Waals surface area contributed by atoms with Crippen molar-refractivity contribution in [3.63, 3.8) is 0 Å². The summed E-state index contributed by atoms with van der Waals surface area (Å²) in [6, 6.07) is 17.9. The van der Waals surface area contributed by atoms with Crippen LogP contribution in [0.3, 0.4) is 0 Å². The minimum absolute atomic E-state index is 0.104. The van der Waals surface area contributed by atoms with E-state index in [-0.39, 0.29) is 16.6 Å². The van der Waals surface area contributed by atoms with Gasteiger partial charge >= 0.3 is 0 Å². The topological polar surface area (TPSA) is 66.4 Å². The molecule has 0 aliphatic carbocycles. The predicted octanol–water partition coefficient (Wildman–Crippen LogP) is 9.48. The van der Waals surface area contributed by atoms with Crippen LogP contribution in [-0.4, -0.2) is 16.5 Å². The Morgan fingerprint density at radius 3 is 1.18 bits per heavy atom. The van der Waals surface area contributed by atoms with E-state index in [4.69, 9.17) is 29.7 Å². The van der Waals surface area contributed by atoms with Gasteiger partial charge in [0, 0.05) is 0 Å². The Morgan fingerprint density at radius 2 is 0.872 bits per heavy atom. The molecule has 6 nitrogen and oxygen atoms in total. The van der Waals surface area contributed by atoms with Crippen LogP contribution in [0.4, 0.5) is 0 Å². The highest BCUT2D eigenvalue weighted by Gasteiger charge is 2.36. The number of rotatable bonds is 9. The van der Waals surface area contributed by atoms with Gasteiger partial charge in [-0.3, -0.25) is 5.26 Å². The van der Waals surface area contributed by atoms with Crippen molar-refractivity contribution in [2.45, 2.75) is 131 Å². The van der Waals surface area contributed by atoms with Gasteiger partial charge in [0.2, 0.25) is 0 Å². The molecule has 1 N–H and O–H groups in total. The van der Waals surface area contributed by atoms with Crippen LogP contribution in [0, 0.1) is 5.41 Å². The van der Waals surface area contributed by atoms with Crippen LogP contribution < -0.4 is 0 Å². The number of hydrogen-bond acceptors (Lipinski definition) is 6. The molecule has 0 saturated heterocycles. The van der Waals surface area contributed by atoms with Crippen molar-refractivity contribution in [2.75, 3.05) is 0 Å². The van der Waals surface area contributed by atoms with Crippen molar-refractivity contribution < 1.29 is 29.7 Å². The van der Waals surface area contributed by atoms with Crippen LogP contribution in [0.1, 0.15) is 120 Å². The molecule has 222 valence electrons. The van der Waals surface area contributed by atoms with E-state index in [1.807, 2.05) is 131 Å². The van der Waals surface area contributed by atoms with Crippen LogP contribution in [0.5, 0.6) is 0 Å². The van der Waals surface area contributed by atoms with E-state index in [9.17, 15) is 0 Å². The van der Waals surface area contributed by atoms with Gasteiger partial charge in [-0.1, -0.05) is 75.4 Å². The minimum Gasteiger partial charge on any atom is -0.251 e. The fraction of sp³-hybridized carbons (Fsp3) is 0.636. The first-order valence-electron chi connectivity index (χ1n) is 13.7. The average Bonchev–Trinajstić information content (AvgIpc) is 2.81. The van der Waals surface area contributed by atoms with Crippen LogP contribution in [0.25, 0.3) is 0 Å². The van der Waals surface area contributed by atoms with Gasteiger partial charge in [0.25, 0.3) is 0 Å². The standard InChI is InChI=1S/C20H34O4.C13H20O2/c1-17(2,3)21-23-19(7,8)15-13-11-12-14-16(15)20(9,10)24-22-18(4,5)6;1-12(2,3)10-13(4,15-14)11-8-6-5-7-9-11/h11-14H,1-10H3;5-9,14H,10H2,1-4H3. The SMILES string of the molecule is CC(C)(C)CC(C)(OO)c1ccccc1.CC(C)(C)OOC(C)(C)c1ccccc1C(C)(C)OOC(C)(C)C. The van der Waals surface area contributed by atoms with Crippen LogP contribution in [-0.2, 0) is 41.2 Å². The Morgan fingerprint density at radius 1 is 0.513 bits per heavy atom. The summed E-state index contributed by atoms with van der Waals surface area (Å²) in [6.07, 6.45) is 0.764. The number of hydrogen-bond donors (Lipinski definition) is 1. The lowest BCUT2D eigenvalue weighted by atomic mass is 9.79. The second-order valence-electron chi connectivity index (χ2n) is 14.5. The van der Waals surface area contributed by atoms with Gasteiger partial charge in [-0.15, -0.1) is 0 Å². The lowest BCUT2D eigenvalue weighted by Gasteiger charge is -2.35. The van der Waals surface area contributed by atoms with E-state index in [0.717, 1.165) is 23.1 Å². The van der Waals surface area contributed by atoms with Gasteiger partial charge in [0.05, 0.1) is 11.2 Å². The molecule has 0 aliphatic rings. The zero-order valence-electron chi connectivity index (χ0n) is 26.9. The van der Waals surface area contributed by atoms with Gasteiger partial charge in [-0.05, 0) is 105 Å². The first kappa shape index (κ1) is 35.2. The predicted molar refractivity (Wildman–Crippen MR) is 158 cm³/mol. The summed E-state index contributed by atoms with van der Waals surface area (Å²) in [4.78, 5) is 27.3. The fourth-order valence-corrected chi connectivity index (χ4v) is 4.07. The van der Waals surface area contributed by atoms with Crippen molar-refractivity contribution in [1.29, 1.82) is 0 Å². The van der Waals surface area contributed by atoms with E-state index >= 15 is 0 Å². The molecule has 0 fully saturated rings. The molecule has 6 heteroatoms. The lowest BCUT2D eigenvalue weighted by molar-refractivity contribution is -0.407. The van der Waals surface area contributed by atoms with Crippen molar-refractivity contribution >= 4 is 0 Å². The molecule has 0 spiro atoms. The Bertz CT molecular complexity index is 944. The summed E-state index contributed by atoms with van der Waals surface area (Å²) in [6.45, 7) is 28.0. The van der Waals surface area contributed by atoms with Crippen molar-refractivity contribution in [3.05, 3.63) is 71.3 Å². The normalized spacial score (nSPS) is 14.8. The van der Waals surface area contributed by atoms with E-state index in [1.54, 1.807) is 0 Å². The fourth-order valence-electron chi connectivity index (χ4n) is 4.07. The summed E-state index contributed by atoms with van der Waals surface area (Å²) < 4.78 is 0. The summed E-state index contributed by atoms with van der Waals surface area (Å²) in [5.41, 5.74) is 0.447. The van der Waals surface area contributed by atoms with Crippen LogP contribution in [0.2, 0.25) is 0 Å². The van der Waals surface area contributed by atoms with Crippen molar-refractivity contribution in [1.82, 2.24) is 0 Å². The van der Waals surface area contributed by atoms with E-state index in [1.165, 1.54) is 0 Å². The largest absolute Gasteiger partial charge is 0.251 e. The molecular weight excluding hydrogens is 492 g/mol. The minimum atomic E-state index is -0.633. The van der Waals surface area contributed by atoms with E-state index in [2.05, 4.69) is 20.8 Å². The molecular formula is C33H54O6. The Hall–Kier alpha value is -1.80. The van der Waals surface area contributed by atoms with Gasteiger partial charge in [-0.25, -0.2) is 24.4 Å². The maximum atomic E-state index is 9.10. The molecule has 1 atom stereocenters. The molecule has 0 amide bonds. The Balaban J connectivity index is 0.000000434. The zero-order valence-corrected chi connectivity index (χ0v) is 26.9. The molecule has 0 aromatic heterocycles. The molecule has 1 unspecified atom stereocenters. The molecule has 2 aromatic rings. The second kappa shape index (κ2) is 13.2. The lowest BCUT2D eigenvalue weighted by Crippen LogP contribution is -2.34. The Kier molecular flexibility index (Phi) is 12.0. The van der Waals surface area contributed by atoms with Gasteiger partial charge < -0.3 is 0 Å². The third-order valence-corrected chi connectivity index (χ3v) is 5.68. The molecule has 0 aliphatic heterocycles. The summed E-state index contributed by atoms with van der Waals surface area (Å²) >= 11 is 0. The van der Waals surface area contributed by atoms with Crippen LogP contribution in [0.15, 0.2) is 54.6 Å². The third-order valence-electron chi connectivity index (χ3n) is 5.68. The Labute approximate surface area is 237 Å². The quantitative estimate of drug-likeness (QED) is 0.249. The molecule has 0 radical (unpaired) electrons. The third kappa shape index (κ3) is 12.5. The molecule has 0 bridgehead atoms. The van der Waals surface area contributed by atoms with Gasteiger partial charge in [-0.2, -0.15) is 0 Å². The van der Waals surface area contributed by atoms with Crippen molar-refractivity contribution in [2.24, 2.45) is 5.41 Å². The summed E-state index contributed by atoms with van der Waals surface area (Å²) in [5, 5.41) is 9.10. The molecule has 0 heterocycles. The van der Waals surface area contributed by atoms with Crippen molar-refractivity contribution in [3.8, 4) is 0 Å². The monoisotopic (exact) mass is 546 g/mol. The van der Waals surface area contributed by atoms with Gasteiger partial charge in [0.15, 0.2) is 0 Å². The first-order chi connectivity index (χ1) is 17.5. The molecule has 39 heavy (non-hydrogen) atoms. The molecule has 2 aromatic carbocycles. The summed E-state index contributed by atoms with van der Waals surface area (Å²) in [7, 11) is 0. The smallest absolute Gasteiger partial charge is 0.126 e. The highest BCUT2D eigenvalue weighted by atomic mass is 17.2. The van der Waals surface area contributed by atoms with E-state index < -0.39 is 16.8 Å². The maximum absolute atomic E-state index is 9.10. The first-order valence-corrected chi connectivity index (χ1v) is 13.7. The number of benzene rings is 2. The van der Waals surface area contributed by atoms with Gasteiger partial charge in [0.1, 0.15) is 16.8 Å². The second-order valence-corrected chi connectivity index (χ2v) is 14.5.